The summed E-state index contributed by atoms with van der Waals surface area (Å²) >= 11 is 0. The molecule has 4 heteroatoms. The molecule has 0 radical (unpaired) electrons. The van der Waals surface area contributed by atoms with Crippen molar-refractivity contribution in [2.24, 2.45) is 0 Å². The highest BCUT2D eigenvalue weighted by Gasteiger charge is 2.17. The van der Waals surface area contributed by atoms with Gasteiger partial charge in [0.1, 0.15) is 11.5 Å². The van der Waals surface area contributed by atoms with Gasteiger partial charge in [0.15, 0.2) is 0 Å². The zero-order valence-electron chi connectivity index (χ0n) is 13.0. The van der Waals surface area contributed by atoms with Crippen molar-refractivity contribution >= 4 is 0 Å². The Balaban J connectivity index is 2.42. The van der Waals surface area contributed by atoms with Crippen LogP contribution in [0.5, 0.6) is 11.5 Å². The predicted molar refractivity (Wildman–Crippen MR) is 84.0 cm³/mol. The molecule has 2 aromatic rings. The molecule has 0 saturated heterocycles. The summed E-state index contributed by atoms with van der Waals surface area (Å²) in [6.45, 7) is 4.65. The monoisotopic (exact) mass is 286 g/mol. The van der Waals surface area contributed by atoms with Crippen LogP contribution in [0, 0.1) is 6.92 Å². The Kier molecular flexibility index (Phi) is 5.17. The Morgan fingerprint density at radius 2 is 2.05 bits per heavy atom. The minimum Gasteiger partial charge on any atom is -0.496 e. The van der Waals surface area contributed by atoms with Crippen molar-refractivity contribution < 1.29 is 9.47 Å². The molecule has 2 rings (SSSR count). The van der Waals surface area contributed by atoms with Gasteiger partial charge in [0, 0.05) is 11.8 Å². The maximum Gasteiger partial charge on any atom is 0.137 e. The Morgan fingerprint density at radius 3 is 2.71 bits per heavy atom. The molecule has 0 aliphatic carbocycles. The van der Waals surface area contributed by atoms with Gasteiger partial charge in [-0.25, -0.2) is 0 Å². The Bertz CT molecular complexity index is 599. The van der Waals surface area contributed by atoms with E-state index in [0.717, 1.165) is 22.6 Å². The van der Waals surface area contributed by atoms with Crippen LogP contribution in [0.4, 0.5) is 0 Å². The van der Waals surface area contributed by atoms with E-state index in [2.05, 4.69) is 29.4 Å². The Labute approximate surface area is 126 Å². The molecule has 0 fully saturated rings. The molecule has 0 amide bonds. The Hall–Kier alpha value is -2.07. The predicted octanol–water partition coefficient (Wildman–Crippen LogP) is 3.11. The lowest BCUT2D eigenvalue weighted by Crippen LogP contribution is -2.18. The lowest BCUT2D eigenvalue weighted by molar-refractivity contribution is 0.338. The standard InChI is InChI=1S/C17H22N2O2/c1-5-21-14-9-13(10-19-11-14)17(18-3)15-7-6-12(2)8-16(15)20-4/h6-11,17-18H,5H2,1-4H3. The van der Waals surface area contributed by atoms with Crippen LogP contribution in [0.2, 0.25) is 0 Å². The summed E-state index contributed by atoms with van der Waals surface area (Å²) in [7, 11) is 3.62. The van der Waals surface area contributed by atoms with Gasteiger partial charge in [-0.15, -0.1) is 0 Å². The summed E-state index contributed by atoms with van der Waals surface area (Å²) < 4.78 is 11.0. The topological polar surface area (TPSA) is 43.4 Å². The molecular weight excluding hydrogens is 264 g/mol. The minimum atomic E-state index is 0.00783. The molecular formula is C17H22N2O2. The first-order valence-electron chi connectivity index (χ1n) is 7.09. The van der Waals surface area contributed by atoms with E-state index in [-0.39, 0.29) is 6.04 Å². The molecule has 1 aromatic carbocycles. The van der Waals surface area contributed by atoms with Crippen molar-refractivity contribution in [3.05, 3.63) is 53.3 Å². The number of methoxy groups -OCH3 is 1. The van der Waals surface area contributed by atoms with Crippen LogP contribution < -0.4 is 14.8 Å². The van der Waals surface area contributed by atoms with Gasteiger partial charge in [-0.1, -0.05) is 12.1 Å². The highest BCUT2D eigenvalue weighted by Crippen LogP contribution is 2.31. The van der Waals surface area contributed by atoms with E-state index >= 15 is 0 Å². The van der Waals surface area contributed by atoms with E-state index in [1.165, 1.54) is 5.56 Å². The second-order valence-corrected chi connectivity index (χ2v) is 4.85. The largest absolute Gasteiger partial charge is 0.496 e. The van der Waals surface area contributed by atoms with Gasteiger partial charge in [-0.2, -0.15) is 0 Å². The van der Waals surface area contributed by atoms with E-state index in [4.69, 9.17) is 9.47 Å². The highest BCUT2D eigenvalue weighted by molar-refractivity contribution is 5.44. The summed E-state index contributed by atoms with van der Waals surface area (Å²) in [5, 5.41) is 3.32. The molecule has 1 atom stereocenters. The average Bonchev–Trinajstić information content (AvgIpc) is 2.50. The van der Waals surface area contributed by atoms with Crippen molar-refractivity contribution in [3.63, 3.8) is 0 Å². The summed E-state index contributed by atoms with van der Waals surface area (Å²) in [6.07, 6.45) is 3.58. The fraction of sp³-hybridized carbons (Fsp3) is 0.353. The van der Waals surface area contributed by atoms with Gasteiger partial charge in [0.25, 0.3) is 0 Å². The fourth-order valence-corrected chi connectivity index (χ4v) is 2.40. The Morgan fingerprint density at radius 1 is 1.24 bits per heavy atom. The first-order chi connectivity index (χ1) is 10.2. The SMILES string of the molecule is CCOc1cncc(C(NC)c2ccc(C)cc2OC)c1. The van der Waals surface area contributed by atoms with Gasteiger partial charge in [0.05, 0.1) is 26.0 Å². The molecule has 1 heterocycles. The van der Waals surface area contributed by atoms with Crippen LogP contribution in [0.25, 0.3) is 0 Å². The molecule has 1 N–H and O–H groups in total. The molecule has 1 aromatic heterocycles. The number of aryl methyl sites for hydroxylation is 1. The molecule has 0 saturated carbocycles. The second-order valence-electron chi connectivity index (χ2n) is 4.85. The summed E-state index contributed by atoms with van der Waals surface area (Å²) in [4.78, 5) is 4.26. The first-order valence-corrected chi connectivity index (χ1v) is 7.09. The van der Waals surface area contributed by atoms with Crippen LogP contribution in [-0.4, -0.2) is 25.7 Å². The van der Waals surface area contributed by atoms with Crippen molar-refractivity contribution in [1.82, 2.24) is 10.3 Å². The van der Waals surface area contributed by atoms with E-state index in [0.29, 0.717) is 6.61 Å². The minimum absolute atomic E-state index is 0.00783. The van der Waals surface area contributed by atoms with Gasteiger partial charge >= 0.3 is 0 Å². The summed E-state index contributed by atoms with van der Waals surface area (Å²) in [5.74, 6) is 1.65. The zero-order valence-corrected chi connectivity index (χ0v) is 13.0. The van der Waals surface area contributed by atoms with E-state index in [9.17, 15) is 0 Å². The van der Waals surface area contributed by atoms with Crippen LogP contribution in [0.1, 0.15) is 29.7 Å². The number of nitrogens with zero attached hydrogens (tertiary/aromatic N) is 1. The lowest BCUT2D eigenvalue weighted by Gasteiger charge is -2.20. The molecule has 4 nitrogen and oxygen atoms in total. The van der Waals surface area contributed by atoms with E-state index in [1.807, 2.05) is 32.3 Å². The summed E-state index contributed by atoms with van der Waals surface area (Å²) in [6, 6.07) is 8.23. The number of rotatable bonds is 6. The molecule has 21 heavy (non-hydrogen) atoms. The van der Waals surface area contributed by atoms with Crippen LogP contribution in [-0.2, 0) is 0 Å². The second kappa shape index (κ2) is 7.09. The molecule has 1 unspecified atom stereocenters. The third kappa shape index (κ3) is 3.52. The number of hydrogen-bond donors (Lipinski definition) is 1. The molecule has 112 valence electrons. The normalized spacial score (nSPS) is 12.0. The van der Waals surface area contributed by atoms with Crippen molar-refractivity contribution in [2.75, 3.05) is 20.8 Å². The maximum absolute atomic E-state index is 5.53. The zero-order chi connectivity index (χ0) is 15.2. The van der Waals surface area contributed by atoms with Gasteiger partial charge in [-0.3, -0.25) is 4.98 Å². The number of hydrogen-bond acceptors (Lipinski definition) is 4. The van der Waals surface area contributed by atoms with E-state index in [1.54, 1.807) is 13.3 Å². The molecule has 0 bridgehead atoms. The number of pyridine rings is 1. The maximum atomic E-state index is 5.53. The molecule has 0 aliphatic rings. The average molecular weight is 286 g/mol. The molecule has 0 aliphatic heterocycles. The quantitative estimate of drug-likeness (QED) is 0.886. The third-order valence-electron chi connectivity index (χ3n) is 3.37. The fourth-order valence-electron chi connectivity index (χ4n) is 2.40. The first kappa shape index (κ1) is 15.3. The van der Waals surface area contributed by atoms with Crippen LogP contribution in [0.15, 0.2) is 36.7 Å². The molecule has 0 spiro atoms. The van der Waals surface area contributed by atoms with Crippen LogP contribution >= 0.6 is 0 Å². The highest BCUT2D eigenvalue weighted by atomic mass is 16.5. The van der Waals surface area contributed by atoms with Gasteiger partial charge in [-0.05, 0) is 44.2 Å². The van der Waals surface area contributed by atoms with Gasteiger partial charge < -0.3 is 14.8 Å². The number of ether oxygens (including phenoxy) is 2. The van der Waals surface area contributed by atoms with Gasteiger partial charge in [0.2, 0.25) is 0 Å². The van der Waals surface area contributed by atoms with Crippen molar-refractivity contribution in [3.8, 4) is 11.5 Å². The van der Waals surface area contributed by atoms with Crippen molar-refractivity contribution in [1.29, 1.82) is 0 Å². The number of benzene rings is 1. The smallest absolute Gasteiger partial charge is 0.137 e. The van der Waals surface area contributed by atoms with Crippen molar-refractivity contribution in [2.45, 2.75) is 19.9 Å². The van der Waals surface area contributed by atoms with Crippen LogP contribution in [0.3, 0.4) is 0 Å². The summed E-state index contributed by atoms with van der Waals surface area (Å²) in [5.41, 5.74) is 3.30. The number of aromatic nitrogens is 1. The lowest BCUT2D eigenvalue weighted by atomic mass is 9.98. The number of nitrogens with one attached hydrogen (secondary N) is 1. The van der Waals surface area contributed by atoms with E-state index < -0.39 is 0 Å². The third-order valence-corrected chi connectivity index (χ3v) is 3.37.